The van der Waals surface area contributed by atoms with Gasteiger partial charge in [0.1, 0.15) is 6.04 Å². The van der Waals surface area contributed by atoms with E-state index in [9.17, 15) is 9.59 Å². The molecule has 17 heavy (non-hydrogen) atoms. The molecule has 1 heterocycles. The van der Waals surface area contributed by atoms with Crippen LogP contribution in [0.1, 0.15) is 16.9 Å². The highest BCUT2D eigenvalue weighted by atomic mass is 16.4. The first kappa shape index (κ1) is 11.3. The number of nitrogens with two attached hydrogens (primary N) is 1. The number of aliphatic carboxylic acids is 1. The van der Waals surface area contributed by atoms with Crippen LogP contribution in [0.3, 0.4) is 0 Å². The number of Topliss-reactive ketones (excluding diaryl/α,β-unsaturated/α-hetero) is 1. The van der Waals surface area contributed by atoms with Gasteiger partial charge in [0.15, 0.2) is 5.78 Å². The summed E-state index contributed by atoms with van der Waals surface area (Å²) in [5.74, 6) is -1.47. The zero-order valence-electron chi connectivity index (χ0n) is 9.01. The molecule has 0 aliphatic heterocycles. The monoisotopic (exact) mass is 232 g/mol. The second-order valence-corrected chi connectivity index (χ2v) is 3.84. The first-order chi connectivity index (χ1) is 8.08. The third-order valence-electron chi connectivity index (χ3n) is 2.55. The number of ketones is 1. The SMILES string of the molecule is NC(CC(=O)c1cc2ccccc2[nH]1)C(=O)O. The molecule has 0 saturated carbocycles. The smallest absolute Gasteiger partial charge is 0.320 e. The number of H-pyrrole nitrogens is 1. The molecule has 1 aromatic heterocycles. The Kier molecular flexibility index (Phi) is 2.93. The molecule has 0 spiro atoms. The maximum absolute atomic E-state index is 11.8. The van der Waals surface area contributed by atoms with E-state index in [0.29, 0.717) is 5.69 Å². The topological polar surface area (TPSA) is 96.2 Å². The molecule has 5 nitrogen and oxygen atoms in total. The number of hydrogen-bond donors (Lipinski definition) is 3. The maximum atomic E-state index is 11.8. The van der Waals surface area contributed by atoms with Crippen molar-refractivity contribution in [3.8, 4) is 0 Å². The quantitative estimate of drug-likeness (QED) is 0.689. The number of carbonyl (C=O) groups excluding carboxylic acids is 1. The number of aromatic amines is 1. The normalized spacial score (nSPS) is 12.5. The first-order valence-corrected chi connectivity index (χ1v) is 5.17. The molecule has 4 N–H and O–H groups in total. The van der Waals surface area contributed by atoms with E-state index in [0.717, 1.165) is 10.9 Å². The fourth-order valence-electron chi connectivity index (χ4n) is 1.62. The lowest BCUT2D eigenvalue weighted by molar-refractivity contribution is -0.138. The molecule has 0 radical (unpaired) electrons. The zero-order valence-corrected chi connectivity index (χ0v) is 9.01. The van der Waals surface area contributed by atoms with Gasteiger partial charge < -0.3 is 15.8 Å². The molecule has 1 atom stereocenters. The summed E-state index contributed by atoms with van der Waals surface area (Å²) in [7, 11) is 0. The van der Waals surface area contributed by atoms with Gasteiger partial charge in [-0.05, 0) is 12.1 Å². The van der Waals surface area contributed by atoms with Crippen LogP contribution in [-0.2, 0) is 4.79 Å². The van der Waals surface area contributed by atoms with Crippen molar-refractivity contribution in [2.75, 3.05) is 0 Å². The predicted octanol–water partition coefficient (Wildman–Crippen LogP) is 1.15. The number of carboxylic acids is 1. The fraction of sp³-hybridized carbons (Fsp3) is 0.167. The van der Waals surface area contributed by atoms with Crippen LogP contribution < -0.4 is 5.73 Å². The summed E-state index contributed by atoms with van der Waals surface area (Å²) in [6, 6.07) is 7.99. The van der Waals surface area contributed by atoms with Crippen molar-refractivity contribution in [2.24, 2.45) is 5.73 Å². The molecule has 0 saturated heterocycles. The summed E-state index contributed by atoms with van der Waals surface area (Å²) in [5.41, 5.74) is 6.55. The molecule has 2 aromatic rings. The molecule has 0 bridgehead atoms. The van der Waals surface area contributed by atoms with Crippen molar-refractivity contribution in [3.63, 3.8) is 0 Å². The molecular formula is C12H12N2O3. The van der Waals surface area contributed by atoms with Gasteiger partial charge in [0.05, 0.1) is 5.69 Å². The number of carboxylic acid groups (broad SMARTS) is 1. The Hall–Kier alpha value is -2.14. The average molecular weight is 232 g/mol. The van der Waals surface area contributed by atoms with Gasteiger partial charge in [-0.15, -0.1) is 0 Å². The highest BCUT2D eigenvalue weighted by molar-refractivity contribution is 6.01. The number of para-hydroxylation sites is 1. The van der Waals surface area contributed by atoms with E-state index in [1.54, 1.807) is 6.07 Å². The van der Waals surface area contributed by atoms with Crippen LogP contribution >= 0.6 is 0 Å². The minimum absolute atomic E-state index is 0.206. The Bertz CT molecular complexity index is 541. The molecule has 0 aliphatic rings. The predicted molar refractivity (Wildman–Crippen MR) is 62.9 cm³/mol. The van der Waals surface area contributed by atoms with Crippen molar-refractivity contribution in [1.29, 1.82) is 0 Å². The summed E-state index contributed by atoms with van der Waals surface area (Å²) in [5, 5.41) is 9.55. The van der Waals surface area contributed by atoms with Crippen molar-refractivity contribution >= 4 is 22.7 Å². The summed E-state index contributed by atoms with van der Waals surface area (Å²) >= 11 is 0. The lowest BCUT2D eigenvalue weighted by Gasteiger charge is -2.03. The van der Waals surface area contributed by atoms with Crippen molar-refractivity contribution < 1.29 is 14.7 Å². The lowest BCUT2D eigenvalue weighted by Crippen LogP contribution is -2.32. The summed E-state index contributed by atoms with van der Waals surface area (Å²) in [4.78, 5) is 25.2. The molecule has 0 fully saturated rings. The number of aromatic nitrogens is 1. The van der Waals surface area contributed by atoms with E-state index in [4.69, 9.17) is 10.8 Å². The van der Waals surface area contributed by atoms with Gasteiger partial charge in [-0.3, -0.25) is 9.59 Å². The summed E-state index contributed by atoms with van der Waals surface area (Å²) in [6.45, 7) is 0. The number of benzene rings is 1. The summed E-state index contributed by atoms with van der Waals surface area (Å²) in [6.07, 6.45) is -0.206. The third kappa shape index (κ3) is 2.34. The number of carbonyl (C=O) groups is 2. The van der Waals surface area contributed by atoms with Crippen LogP contribution in [0.15, 0.2) is 30.3 Å². The van der Waals surface area contributed by atoms with Gasteiger partial charge in [0.2, 0.25) is 0 Å². The van der Waals surface area contributed by atoms with Crippen molar-refractivity contribution in [2.45, 2.75) is 12.5 Å². The van der Waals surface area contributed by atoms with Crippen LogP contribution in [0.25, 0.3) is 10.9 Å². The van der Waals surface area contributed by atoms with Gasteiger partial charge in [0, 0.05) is 17.3 Å². The van der Waals surface area contributed by atoms with Crippen LogP contribution in [-0.4, -0.2) is 27.9 Å². The standard InChI is InChI=1S/C12H12N2O3/c13-8(12(16)17)6-11(15)10-5-7-3-1-2-4-9(7)14-10/h1-5,8,14H,6,13H2,(H,16,17). The average Bonchev–Trinajstić information content (AvgIpc) is 2.72. The Balaban J connectivity index is 2.22. The molecular weight excluding hydrogens is 220 g/mol. The van der Waals surface area contributed by atoms with E-state index in [1.165, 1.54) is 0 Å². The van der Waals surface area contributed by atoms with E-state index in [1.807, 2.05) is 24.3 Å². The largest absolute Gasteiger partial charge is 0.480 e. The number of hydrogen-bond acceptors (Lipinski definition) is 3. The van der Waals surface area contributed by atoms with Crippen LogP contribution in [0.5, 0.6) is 0 Å². The van der Waals surface area contributed by atoms with Gasteiger partial charge in [-0.1, -0.05) is 18.2 Å². The summed E-state index contributed by atoms with van der Waals surface area (Å²) < 4.78 is 0. The molecule has 1 unspecified atom stereocenters. The van der Waals surface area contributed by atoms with Crippen LogP contribution in [0.2, 0.25) is 0 Å². The third-order valence-corrected chi connectivity index (χ3v) is 2.55. The Morgan fingerprint density at radius 3 is 2.71 bits per heavy atom. The van der Waals surface area contributed by atoms with Gasteiger partial charge in [-0.2, -0.15) is 0 Å². The van der Waals surface area contributed by atoms with E-state index < -0.39 is 12.0 Å². The minimum atomic E-state index is -1.17. The lowest BCUT2D eigenvalue weighted by atomic mass is 10.1. The number of rotatable bonds is 4. The van der Waals surface area contributed by atoms with E-state index in [-0.39, 0.29) is 12.2 Å². The van der Waals surface area contributed by atoms with Gasteiger partial charge >= 0.3 is 5.97 Å². The van der Waals surface area contributed by atoms with E-state index in [2.05, 4.69) is 4.98 Å². The maximum Gasteiger partial charge on any atom is 0.320 e. The minimum Gasteiger partial charge on any atom is -0.480 e. The molecule has 88 valence electrons. The Morgan fingerprint density at radius 1 is 1.35 bits per heavy atom. The molecule has 2 rings (SSSR count). The second-order valence-electron chi connectivity index (χ2n) is 3.84. The Labute approximate surface area is 97.2 Å². The van der Waals surface area contributed by atoms with Gasteiger partial charge in [0.25, 0.3) is 0 Å². The molecule has 0 aliphatic carbocycles. The number of nitrogens with one attached hydrogen (secondary N) is 1. The van der Waals surface area contributed by atoms with Crippen LogP contribution in [0.4, 0.5) is 0 Å². The number of fused-ring (bicyclic) bond motifs is 1. The molecule has 5 heteroatoms. The first-order valence-electron chi connectivity index (χ1n) is 5.17. The highest BCUT2D eigenvalue weighted by Gasteiger charge is 2.18. The van der Waals surface area contributed by atoms with E-state index >= 15 is 0 Å². The highest BCUT2D eigenvalue weighted by Crippen LogP contribution is 2.16. The second kappa shape index (κ2) is 4.39. The zero-order chi connectivity index (χ0) is 12.4. The van der Waals surface area contributed by atoms with Crippen LogP contribution in [0, 0.1) is 0 Å². The van der Waals surface area contributed by atoms with Crippen molar-refractivity contribution in [1.82, 2.24) is 4.98 Å². The molecule has 0 amide bonds. The molecule has 1 aromatic carbocycles. The van der Waals surface area contributed by atoms with Gasteiger partial charge in [-0.25, -0.2) is 0 Å². The fourth-order valence-corrected chi connectivity index (χ4v) is 1.62. The Morgan fingerprint density at radius 2 is 2.06 bits per heavy atom. The van der Waals surface area contributed by atoms with Crippen molar-refractivity contribution in [3.05, 3.63) is 36.0 Å².